The molecule has 3 nitrogen and oxygen atoms in total. The number of allylic oxidation sites excluding steroid dienone is 2. The van der Waals surface area contributed by atoms with Gasteiger partial charge in [0.2, 0.25) is 0 Å². The van der Waals surface area contributed by atoms with Crippen LogP contribution in [0, 0.1) is 5.41 Å². The van der Waals surface area contributed by atoms with Gasteiger partial charge in [0.05, 0.1) is 5.56 Å². The van der Waals surface area contributed by atoms with Gasteiger partial charge in [-0.1, -0.05) is 18.2 Å². The minimum atomic E-state index is -4.30. The van der Waals surface area contributed by atoms with E-state index in [1.165, 1.54) is 12.1 Å². The van der Waals surface area contributed by atoms with Crippen LogP contribution in [0.5, 0.6) is 0 Å². The highest BCUT2D eigenvalue weighted by Gasteiger charge is 2.48. The third-order valence-corrected chi connectivity index (χ3v) is 4.63. The van der Waals surface area contributed by atoms with Crippen molar-refractivity contribution in [3.63, 3.8) is 0 Å². The van der Waals surface area contributed by atoms with E-state index in [9.17, 15) is 18.0 Å². The average molecular weight is 353 g/mol. The van der Waals surface area contributed by atoms with E-state index in [1.807, 2.05) is 20.8 Å². The SMILES string of the molecule is CC(C)(C)OC(=O)NC1CC2(C=C(c3ccc(C(F)(F)F)cc3)C2)C1. The van der Waals surface area contributed by atoms with Crippen molar-refractivity contribution in [1.82, 2.24) is 5.32 Å². The molecule has 25 heavy (non-hydrogen) atoms. The van der Waals surface area contributed by atoms with Crippen LogP contribution in [0.15, 0.2) is 30.3 Å². The van der Waals surface area contributed by atoms with Crippen molar-refractivity contribution in [3.05, 3.63) is 41.5 Å². The zero-order valence-electron chi connectivity index (χ0n) is 14.5. The number of hydrogen-bond donors (Lipinski definition) is 1. The minimum absolute atomic E-state index is 0.0811. The molecular weight excluding hydrogens is 331 g/mol. The van der Waals surface area contributed by atoms with Gasteiger partial charge >= 0.3 is 12.3 Å². The monoisotopic (exact) mass is 353 g/mol. The molecule has 1 amide bonds. The Hall–Kier alpha value is -1.98. The van der Waals surface area contributed by atoms with Gasteiger partial charge in [0.15, 0.2) is 0 Å². The molecule has 0 aliphatic heterocycles. The van der Waals surface area contributed by atoms with Gasteiger partial charge in [-0.3, -0.25) is 0 Å². The van der Waals surface area contributed by atoms with E-state index in [2.05, 4.69) is 11.4 Å². The average Bonchev–Trinajstić information content (AvgIpc) is 2.37. The summed E-state index contributed by atoms with van der Waals surface area (Å²) in [5, 5.41) is 2.86. The standard InChI is InChI=1S/C19H22F3NO2/c1-17(2,3)25-16(24)23-15-10-18(11-15)8-13(9-18)12-4-6-14(7-5-12)19(20,21)22/h4-8,15H,9-11H2,1-3H3,(H,23,24). The first-order valence-electron chi connectivity index (χ1n) is 8.35. The summed E-state index contributed by atoms with van der Waals surface area (Å²) in [6, 6.07) is 5.39. The van der Waals surface area contributed by atoms with Gasteiger partial charge in [-0.15, -0.1) is 0 Å². The molecule has 0 unspecified atom stereocenters. The Labute approximate surface area is 145 Å². The first-order valence-corrected chi connectivity index (χ1v) is 8.35. The fourth-order valence-corrected chi connectivity index (χ4v) is 3.54. The Kier molecular flexibility index (Phi) is 4.12. The Morgan fingerprint density at radius 2 is 1.72 bits per heavy atom. The lowest BCUT2D eigenvalue weighted by Crippen LogP contribution is -2.53. The lowest BCUT2D eigenvalue weighted by molar-refractivity contribution is -0.137. The van der Waals surface area contributed by atoms with E-state index in [1.54, 1.807) is 0 Å². The van der Waals surface area contributed by atoms with Gasteiger partial charge < -0.3 is 10.1 Å². The summed E-state index contributed by atoms with van der Waals surface area (Å²) >= 11 is 0. The van der Waals surface area contributed by atoms with E-state index in [0.717, 1.165) is 42.5 Å². The molecule has 136 valence electrons. The molecule has 1 fully saturated rings. The van der Waals surface area contributed by atoms with Crippen LogP contribution in [0.2, 0.25) is 0 Å². The number of halogens is 3. The normalized spacial score (nSPS) is 25.7. The maximum absolute atomic E-state index is 12.6. The van der Waals surface area contributed by atoms with Crippen molar-refractivity contribution < 1.29 is 22.7 Å². The van der Waals surface area contributed by atoms with Crippen LogP contribution >= 0.6 is 0 Å². The van der Waals surface area contributed by atoms with Crippen LogP contribution in [0.1, 0.15) is 51.2 Å². The fraction of sp³-hybridized carbons (Fsp3) is 0.526. The predicted molar refractivity (Wildman–Crippen MR) is 88.9 cm³/mol. The molecule has 1 aromatic rings. The van der Waals surface area contributed by atoms with E-state index >= 15 is 0 Å². The quantitative estimate of drug-likeness (QED) is 0.797. The van der Waals surface area contributed by atoms with Crippen LogP contribution in [0.25, 0.3) is 5.57 Å². The molecule has 0 saturated heterocycles. The maximum Gasteiger partial charge on any atom is 0.416 e. The first-order chi connectivity index (χ1) is 11.5. The van der Waals surface area contributed by atoms with E-state index < -0.39 is 23.4 Å². The molecule has 1 spiro atoms. The van der Waals surface area contributed by atoms with E-state index in [-0.39, 0.29) is 11.5 Å². The number of carbonyl (C=O) groups is 1. The van der Waals surface area contributed by atoms with Gasteiger partial charge in [-0.05, 0) is 68.7 Å². The van der Waals surface area contributed by atoms with Crippen molar-refractivity contribution in [3.8, 4) is 0 Å². The number of rotatable bonds is 2. The summed E-state index contributed by atoms with van der Waals surface area (Å²) in [6.07, 6.45) is -0.0541. The van der Waals surface area contributed by atoms with Crippen LogP contribution in [0.4, 0.5) is 18.0 Å². The van der Waals surface area contributed by atoms with Crippen LogP contribution in [-0.2, 0) is 10.9 Å². The summed E-state index contributed by atoms with van der Waals surface area (Å²) in [7, 11) is 0. The molecule has 1 saturated carbocycles. The third-order valence-electron chi connectivity index (χ3n) is 4.63. The van der Waals surface area contributed by atoms with Crippen molar-refractivity contribution >= 4 is 11.7 Å². The van der Waals surface area contributed by atoms with Crippen molar-refractivity contribution in [2.45, 2.75) is 57.9 Å². The largest absolute Gasteiger partial charge is 0.444 e. The smallest absolute Gasteiger partial charge is 0.416 e. The number of carbonyl (C=O) groups excluding carboxylic acids is 1. The van der Waals surface area contributed by atoms with E-state index in [4.69, 9.17) is 4.74 Å². The van der Waals surface area contributed by atoms with Crippen LogP contribution in [0.3, 0.4) is 0 Å². The lowest BCUT2D eigenvalue weighted by Gasteiger charge is -2.52. The summed E-state index contributed by atoms with van der Waals surface area (Å²) in [6.45, 7) is 5.46. The van der Waals surface area contributed by atoms with E-state index in [0.29, 0.717) is 0 Å². The second-order valence-electron chi connectivity index (χ2n) is 8.04. The first kappa shape index (κ1) is 17.8. The molecule has 6 heteroatoms. The zero-order chi connectivity index (χ0) is 18.5. The number of amides is 1. The molecule has 1 aromatic carbocycles. The minimum Gasteiger partial charge on any atom is -0.444 e. The van der Waals surface area contributed by atoms with Crippen molar-refractivity contribution in [2.75, 3.05) is 0 Å². The molecule has 0 atom stereocenters. The van der Waals surface area contributed by atoms with Crippen molar-refractivity contribution in [1.29, 1.82) is 0 Å². The number of ether oxygens (including phenoxy) is 1. The number of benzene rings is 1. The van der Waals surface area contributed by atoms with Gasteiger partial charge in [0, 0.05) is 6.04 Å². The summed E-state index contributed by atoms with van der Waals surface area (Å²) in [5.74, 6) is 0. The molecule has 3 rings (SSSR count). The van der Waals surface area contributed by atoms with Gasteiger partial charge in [-0.2, -0.15) is 13.2 Å². The Balaban J connectivity index is 1.53. The number of alkyl halides is 3. The molecule has 2 aliphatic carbocycles. The number of nitrogens with one attached hydrogen (secondary N) is 1. The van der Waals surface area contributed by atoms with Gasteiger partial charge in [-0.25, -0.2) is 4.79 Å². The molecule has 1 N–H and O–H groups in total. The molecule has 2 aliphatic rings. The number of hydrogen-bond acceptors (Lipinski definition) is 2. The van der Waals surface area contributed by atoms with Crippen LogP contribution in [-0.4, -0.2) is 17.7 Å². The Morgan fingerprint density at radius 3 is 2.20 bits per heavy atom. The molecule has 0 bridgehead atoms. The van der Waals surface area contributed by atoms with Crippen LogP contribution < -0.4 is 5.32 Å². The fourth-order valence-electron chi connectivity index (χ4n) is 3.54. The molecule has 0 aromatic heterocycles. The van der Waals surface area contributed by atoms with Gasteiger partial charge in [0.1, 0.15) is 5.60 Å². The Bertz CT molecular complexity index is 693. The lowest BCUT2D eigenvalue weighted by atomic mass is 9.55. The highest BCUT2D eigenvalue weighted by Crippen LogP contribution is 2.56. The second kappa shape index (κ2) is 5.78. The number of alkyl carbamates (subject to hydrolysis) is 1. The topological polar surface area (TPSA) is 38.3 Å². The van der Waals surface area contributed by atoms with Crippen molar-refractivity contribution in [2.24, 2.45) is 5.41 Å². The molecule has 0 radical (unpaired) electrons. The molecule has 0 heterocycles. The third kappa shape index (κ3) is 3.99. The van der Waals surface area contributed by atoms with Gasteiger partial charge in [0.25, 0.3) is 0 Å². The zero-order valence-corrected chi connectivity index (χ0v) is 14.5. The highest BCUT2D eigenvalue weighted by molar-refractivity contribution is 5.74. The predicted octanol–water partition coefficient (Wildman–Crippen LogP) is 5.17. The molecular formula is C19H22F3NO2. The maximum atomic E-state index is 12.6. The highest BCUT2D eigenvalue weighted by atomic mass is 19.4. The Morgan fingerprint density at radius 1 is 1.16 bits per heavy atom. The summed E-state index contributed by atoms with van der Waals surface area (Å²) in [4.78, 5) is 11.7. The summed E-state index contributed by atoms with van der Waals surface area (Å²) in [5.41, 5.74) is 0.845. The second-order valence-corrected chi connectivity index (χ2v) is 8.04. The summed E-state index contributed by atoms with van der Waals surface area (Å²) < 4.78 is 43.0.